The Labute approximate surface area is 208 Å². The van der Waals surface area contributed by atoms with Crippen molar-refractivity contribution in [2.45, 2.75) is 43.9 Å². The minimum atomic E-state index is -3.72. The van der Waals surface area contributed by atoms with Gasteiger partial charge < -0.3 is 19.7 Å². The Kier molecular flexibility index (Phi) is 7.14. The van der Waals surface area contributed by atoms with Gasteiger partial charge in [-0.1, -0.05) is 0 Å². The van der Waals surface area contributed by atoms with Crippen molar-refractivity contribution in [2.24, 2.45) is 0 Å². The SMILES string of the molecule is COC(=O)N1CCc2c(sc(NC(=O)c3ccc(S(=O)(=O)N4CC(C)OC(C)C4)cc3)c2C#N)C1. The lowest BCUT2D eigenvalue weighted by molar-refractivity contribution is -0.0440. The van der Waals surface area contributed by atoms with E-state index in [1.807, 2.05) is 13.8 Å². The molecular weight excluding hydrogens is 492 g/mol. The van der Waals surface area contributed by atoms with Crippen LogP contribution in [-0.2, 0) is 32.5 Å². The van der Waals surface area contributed by atoms with Crippen molar-refractivity contribution in [3.8, 4) is 6.07 Å². The lowest BCUT2D eigenvalue weighted by Crippen LogP contribution is -2.48. The number of benzene rings is 1. The van der Waals surface area contributed by atoms with E-state index in [0.717, 1.165) is 10.4 Å². The Morgan fingerprint density at radius 2 is 1.86 bits per heavy atom. The van der Waals surface area contributed by atoms with Crippen LogP contribution in [-0.4, -0.2) is 68.6 Å². The molecule has 12 heteroatoms. The molecule has 3 heterocycles. The monoisotopic (exact) mass is 518 g/mol. The van der Waals surface area contributed by atoms with E-state index < -0.39 is 22.0 Å². The average Bonchev–Trinajstić information content (AvgIpc) is 3.18. The summed E-state index contributed by atoms with van der Waals surface area (Å²) in [4.78, 5) is 27.2. The lowest BCUT2D eigenvalue weighted by Gasteiger charge is -2.34. The number of ether oxygens (including phenoxy) is 2. The largest absolute Gasteiger partial charge is 0.453 e. The molecule has 2 atom stereocenters. The summed E-state index contributed by atoms with van der Waals surface area (Å²) in [6.45, 7) is 4.93. The third-order valence-electron chi connectivity index (χ3n) is 5.97. The quantitative estimate of drug-likeness (QED) is 0.659. The van der Waals surface area contributed by atoms with Gasteiger partial charge in [0, 0.05) is 30.1 Å². The van der Waals surface area contributed by atoms with Crippen molar-refractivity contribution >= 4 is 38.4 Å². The number of anilines is 1. The highest BCUT2D eigenvalue weighted by Gasteiger charge is 2.32. The van der Waals surface area contributed by atoms with Crippen molar-refractivity contribution in [3.05, 3.63) is 45.8 Å². The number of nitriles is 1. The van der Waals surface area contributed by atoms with Gasteiger partial charge in [-0.3, -0.25) is 4.79 Å². The van der Waals surface area contributed by atoms with Crippen LogP contribution in [0.25, 0.3) is 0 Å². The van der Waals surface area contributed by atoms with Crippen molar-refractivity contribution in [2.75, 3.05) is 32.1 Å². The molecule has 2 unspecified atom stereocenters. The molecule has 1 aromatic carbocycles. The maximum absolute atomic E-state index is 13.0. The molecule has 0 radical (unpaired) electrons. The topological polar surface area (TPSA) is 129 Å². The summed E-state index contributed by atoms with van der Waals surface area (Å²) < 4.78 is 37.9. The summed E-state index contributed by atoms with van der Waals surface area (Å²) in [5.74, 6) is -0.456. The third-order valence-corrected chi connectivity index (χ3v) is 8.95. The van der Waals surface area contributed by atoms with E-state index >= 15 is 0 Å². The molecule has 2 aliphatic heterocycles. The second-order valence-electron chi connectivity index (χ2n) is 8.52. The number of fused-ring (bicyclic) bond motifs is 1. The second-order valence-corrected chi connectivity index (χ2v) is 11.6. The first kappa shape index (κ1) is 25.1. The zero-order valence-electron chi connectivity index (χ0n) is 19.6. The molecule has 1 N–H and O–H groups in total. The predicted octanol–water partition coefficient (Wildman–Crippen LogP) is 2.79. The van der Waals surface area contributed by atoms with E-state index in [0.29, 0.717) is 30.1 Å². The summed E-state index contributed by atoms with van der Waals surface area (Å²) in [5.41, 5.74) is 1.47. The zero-order valence-corrected chi connectivity index (χ0v) is 21.2. The zero-order chi connectivity index (χ0) is 25.3. The molecule has 10 nitrogen and oxygen atoms in total. The van der Waals surface area contributed by atoms with Gasteiger partial charge in [-0.05, 0) is 50.1 Å². The Balaban J connectivity index is 1.50. The van der Waals surface area contributed by atoms with E-state index in [1.54, 1.807) is 4.90 Å². The standard InChI is InChI=1S/C23H26N4O6S2/c1-14-11-27(12-15(2)33-14)35(30,31)17-6-4-16(5-7-17)21(28)25-22-19(10-24)18-8-9-26(23(29)32-3)13-20(18)34-22/h4-7,14-15H,8-9,11-13H2,1-3H3,(H,25,28). The molecule has 35 heavy (non-hydrogen) atoms. The molecule has 4 rings (SSSR count). The number of nitrogens with one attached hydrogen (secondary N) is 1. The van der Waals surface area contributed by atoms with E-state index in [4.69, 9.17) is 9.47 Å². The summed E-state index contributed by atoms with van der Waals surface area (Å²) in [6, 6.07) is 7.88. The Hall–Kier alpha value is -2.98. The number of carbonyl (C=O) groups is 2. The maximum atomic E-state index is 13.0. The van der Waals surface area contributed by atoms with Crippen molar-refractivity contribution in [1.82, 2.24) is 9.21 Å². The number of methoxy groups -OCH3 is 1. The first-order valence-corrected chi connectivity index (χ1v) is 13.3. The van der Waals surface area contributed by atoms with Gasteiger partial charge in [-0.15, -0.1) is 11.3 Å². The Bertz CT molecular complexity index is 1270. The van der Waals surface area contributed by atoms with Gasteiger partial charge in [-0.2, -0.15) is 9.57 Å². The van der Waals surface area contributed by atoms with Crippen molar-refractivity contribution < 1.29 is 27.5 Å². The molecule has 0 spiro atoms. The van der Waals surface area contributed by atoms with Crippen LogP contribution in [0.15, 0.2) is 29.2 Å². The molecule has 2 aliphatic rings. The summed E-state index contributed by atoms with van der Waals surface area (Å²) >= 11 is 1.25. The van der Waals surface area contributed by atoms with Gasteiger partial charge in [0.05, 0.1) is 36.3 Å². The van der Waals surface area contributed by atoms with Crippen LogP contribution < -0.4 is 5.32 Å². The number of thiophene rings is 1. The van der Waals surface area contributed by atoms with E-state index in [2.05, 4.69) is 11.4 Å². The molecule has 0 bridgehead atoms. The van der Waals surface area contributed by atoms with Gasteiger partial charge in [0.15, 0.2) is 0 Å². The van der Waals surface area contributed by atoms with Gasteiger partial charge in [0.25, 0.3) is 5.91 Å². The number of carbonyl (C=O) groups excluding carboxylic acids is 2. The number of sulfonamides is 1. The minimum Gasteiger partial charge on any atom is -0.453 e. The molecule has 1 saturated heterocycles. The van der Waals surface area contributed by atoms with Crippen LogP contribution in [0.2, 0.25) is 0 Å². The third kappa shape index (κ3) is 5.04. The smallest absolute Gasteiger partial charge is 0.409 e. The van der Waals surface area contributed by atoms with Crippen molar-refractivity contribution in [3.63, 3.8) is 0 Å². The Morgan fingerprint density at radius 3 is 2.46 bits per heavy atom. The van der Waals surface area contributed by atoms with Crippen LogP contribution in [0.3, 0.4) is 0 Å². The minimum absolute atomic E-state index is 0.0996. The number of nitrogens with zero attached hydrogens (tertiary/aromatic N) is 3. The molecule has 2 aromatic rings. The maximum Gasteiger partial charge on any atom is 0.409 e. The molecule has 186 valence electrons. The van der Waals surface area contributed by atoms with Gasteiger partial charge >= 0.3 is 6.09 Å². The normalized spacial score (nSPS) is 20.6. The molecule has 1 aromatic heterocycles. The van der Waals surface area contributed by atoms with E-state index in [1.165, 1.54) is 47.0 Å². The first-order chi connectivity index (χ1) is 16.6. The summed E-state index contributed by atoms with van der Waals surface area (Å²) in [5, 5.41) is 12.9. The molecule has 1 fully saturated rings. The van der Waals surface area contributed by atoms with Crippen LogP contribution in [0.4, 0.5) is 9.80 Å². The predicted molar refractivity (Wildman–Crippen MR) is 129 cm³/mol. The number of morpholine rings is 1. The number of hydrogen-bond donors (Lipinski definition) is 1. The van der Waals surface area contributed by atoms with Crippen LogP contribution in [0.1, 0.15) is 40.2 Å². The average molecular weight is 519 g/mol. The van der Waals surface area contributed by atoms with E-state index in [9.17, 15) is 23.3 Å². The number of rotatable bonds is 4. The fourth-order valence-corrected chi connectivity index (χ4v) is 7.12. The fraction of sp³-hybridized carbons (Fsp3) is 0.435. The first-order valence-electron chi connectivity index (χ1n) is 11.1. The van der Waals surface area contributed by atoms with Gasteiger partial charge in [0.2, 0.25) is 10.0 Å². The molecule has 2 amide bonds. The van der Waals surface area contributed by atoms with Crippen molar-refractivity contribution in [1.29, 1.82) is 5.26 Å². The number of hydrogen-bond acceptors (Lipinski definition) is 8. The fourth-order valence-electron chi connectivity index (χ4n) is 4.32. The molecule has 0 saturated carbocycles. The highest BCUT2D eigenvalue weighted by Crippen LogP contribution is 2.37. The number of amides is 2. The van der Waals surface area contributed by atoms with Gasteiger partial charge in [0.1, 0.15) is 11.1 Å². The van der Waals surface area contributed by atoms with E-state index in [-0.39, 0.29) is 35.8 Å². The van der Waals surface area contributed by atoms with Crippen LogP contribution >= 0.6 is 11.3 Å². The highest BCUT2D eigenvalue weighted by molar-refractivity contribution is 7.89. The second kappa shape index (κ2) is 9.94. The highest BCUT2D eigenvalue weighted by atomic mass is 32.2. The molecular formula is C23H26N4O6S2. The summed E-state index contributed by atoms with van der Waals surface area (Å²) in [6.07, 6.45) is -0.358. The Morgan fingerprint density at radius 1 is 1.20 bits per heavy atom. The lowest BCUT2D eigenvalue weighted by atomic mass is 10.0. The van der Waals surface area contributed by atoms with Crippen LogP contribution in [0.5, 0.6) is 0 Å². The van der Waals surface area contributed by atoms with Gasteiger partial charge in [-0.25, -0.2) is 13.2 Å². The summed E-state index contributed by atoms with van der Waals surface area (Å²) in [7, 11) is -2.40. The van der Waals surface area contributed by atoms with Crippen LogP contribution in [0, 0.1) is 11.3 Å². The molecule has 0 aliphatic carbocycles.